The Morgan fingerprint density at radius 1 is 1.47 bits per heavy atom. The molecular weight excluding hydrogens is 310 g/mol. The van der Waals surface area contributed by atoms with Crippen LogP contribution in [0.4, 0.5) is 5.82 Å². The van der Waals surface area contributed by atoms with Gasteiger partial charge < -0.3 is 15.3 Å². The van der Waals surface area contributed by atoms with Crippen molar-refractivity contribution in [2.24, 2.45) is 0 Å². The molecule has 104 valence electrons. The average molecular weight is 328 g/mol. The standard InChI is InChI=1S/C13H18BrN3O2/c14-10-8-11(13(18)19)12(16-9-10)15-4-3-7-17-5-1-2-6-17/h8-9H,1-7H2,(H,15,16)(H,18,19). The monoisotopic (exact) mass is 327 g/mol. The summed E-state index contributed by atoms with van der Waals surface area (Å²) in [5.74, 6) is -0.520. The molecule has 5 nitrogen and oxygen atoms in total. The van der Waals surface area contributed by atoms with Crippen LogP contribution in [0.5, 0.6) is 0 Å². The molecule has 0 unspecified atom stereocenters. The second-order valence-electron chi connectivity index (χ2n) is 4.68. The van der Waals surface area contributed by atoms with E-state index in [4.69, 9.17) is 5.11 Å². The largest absolute Gasteiger partial charge is 0.478 e. The van der Waals surface area contributed by atoms with Gasteiger partial charge in [-0.05, 0) is 60.9 Å². The van der Waals surface area contributed by atoms with Crippen LogP contribution in [0.15, 0.2) is 16.7 Å². The first kappa shape index (κ1) is 14.3. The number of carboxylic acid groups (broad SMARTS) is 1. The zero-order valence-electron chi connectivity index (χ0n) is 10.7. The van der Waals surface area contributed by atoms with E-state index < -0.39 is 5.97 Å². The zero-order chi connectivity index (χ0) is 13.7. The highest BCUT2D eigenvalue weighted by atomic mass is 79.9. The molecule has 0 atom stereocenters. The molecule has 1 fully saturated rings. The molecule has 0 spiro atoms. The lowest BCUT2D eigenvalue weighted by atomic mass is 10.2. The third kappa shape index (κ3) is 4.18. The van der Waals surface area contributed by atoms with Gasteiger partial charge in [0.05, 0.1) is 0 Å². The molecule has 0 bridgehead atoms. The topological polar surface area (TPSA) is 65.5 Å². The van der Waals surface area contributed by atoms with Gasteiger partial charge in [0.2, 0.25) is 0 Å². The van der Waals surface area contributed by atoms with E-state index in [1.807, 2.05) is 0 Å². The lowest BCUT2D eigenvalue weighted by Crippen LogP contribution is -2.22. The second-order valence-corrected chi connectivity index (χ2v) is 5.60. The average Bonchev–Trinajstić information content (AvgIpc) is 2.89. The van der Waals surface area contributed by atoms with Crippen LogP contribution in [-0.4, -0.2) is 47.1 Å². The summed E-state index contributed by atoms with van der Waals surface area (Å²) in [7, 11) is 0. The normalized spacial score (nSPS) is 15.6. The summed E-state index contributed by atoms with van der Waals surface area (Å²) in [5.41, 5.74) is 0.204. The highest BCUT2D eigenvalue weighted by Crippen LogP contribution is 2.18. The predicted octanol–water partition coefficient (Wildman–Crippen LogP) is 2.44. The molecule has 1 aliphatic rings. The molecule has 0 saturated carbocycles. The minimum absolute atomic E-state index is 0.204. The highest BCUT2D eigenvalue weighted by molar-refractivity contribution is 9.10. The van der Waals surface area contributed by atoms with Crippen molar-refractivity contribution in [2.75, 3.05) is 31.5 Å². The number of anilines is 1. The van der Waals surface area contributed by atoms with Crippen molar-refractivity contribution < 1.29 is 9.90 Å². The number of nitrogens with one attached hydrogen (secondary N) is 1. The maximum Gasteiger partial charge on any atom is 0.339 e. The molecule has 0 radical (unpaired) electrons. The van der Waals surface area contributed by atoms with Crippen LogP contribution in [0, 0.1) is 0 Å². The van der Waals surface area contributed by atoms with Crippen LogP contribution in [0.25, 0.3) is 0 Å². The van der Waals surface area contributed by atoms with Gasteiger partial charge in [-0.2, -0.15) is 0 Å². The van der Waals surface area contributed by atoms with E-state index in [0.717, 1.165) is 19.5 Å². The summed E-state index contributed by atoms with van der Waals surface area (Å²) in [6, 6.07) is 1.57. The van der Waals surface area contributed by atoms with E-state index in [2.05, 4.69) is 31.1 Å². The summed E-state index contributed by atoms with van der Waals surface area (Å²) in [5, 5.41) is 12.2. The van der Waals surface area contributed by atoms with Crippen LogP contribution in [0.2, 0.25) is 0 Å². The van der Waals surface area contributed by atoms with Crippen LogP contribution < -0.4 is 5.32 Å². The Morgan fingerprint density at radius 2 is 2.21 bits per heavy atom. The van der Waals surface area contributed by atoms with Crippen molar-refractivity contribution in [3.63, 3.8) is 0 Å². The lowest BCUT2D eigenvalue weighted by molar-refractivity contribution is 0.0697. The number of hydrogen-bond donors (Lipinski definition) is 2. The number of halogens is 1. The van der Waals surface area contributed by atoms with Gasteiger partial charge in [0.1, 0.15) is 11.4 Å². The maximum atomic E-state index is 11.1. The molecule has 6 heteroatoms. The van der Waals surface area contributed by atoms with E-state index in [-0.39, 0.29) is 5.56 Å². The number of aromatic carboxylic acids is 1. The third-order valence-electron chi connectivity index (χ3n) is 3.23. The Bertz CT molecular complexity index is 448. The smallest absolute Gasteiger partial charge is 0.339 e. The van der Waals surface area contributed by atoms with Gasteiger partial charge in [0.15, 0.2) is 0 Å². The minimum Gasteiger partial charge on any atom is -0.478 e. The molecular formula is C13H18BrN3O2. The summed E-state index contributed by atoms with van der Waals surface area (Å²) >= 11 is 3.23. The quantitative estimate of drug-likeness (QED) is 0.785. The van der Waals surface area contributed by atoms with Gasteiger partial charge in [-0.3, -0.25) is 0 Å². The number of carboxylic acids is 1. The molecule has 2 rings (SSSR count). The summed E-state index contributed by atoms with van der Waals surface area (Å²) < 4.78 is 0.674. The van der Waals surface area contributed by atoms with Crippen LogP contribution in [0.1, 0.15) is 29.6 Å². The summed E-state index contributed by atoms with van der Waals surface area (Å²) in [6.07, 6.45) is 5.20. The predicted molar refractivity (Wildman–Crippen MR) is 77.7 cm³/mol. The molecule has 2 heterocycles. The van der Waals surface area contributed by atoms with Crippen molar-refractivity contribution >= 4 is 27.7 Å². The van der Waals surface area contributed by atoms with E-state index in [0.29, 0.717) is 10.3 Å². The molecule has 0 aliphatic carbocycles. The van der Waals surface area contributed by atoms with Crippen molar-refractivity contribution in [3.05, 3.63) is 22.3 Å². The molecule has 19 heavy (non-hydrogen) atoms. The summed E-state index contributed by atoms with van der Waals surface area (Å²) in [4.78, 5) is 17.7. The third-order valence-corrected chi connectivity index (χ3v) is 3.66. The Kier molecular flexibility index (Phi) is 5.15. The first-order valence-corrected chi connectivity index (χ1v) is 7.31. The first-order chi connectivity index (χ1) is 9.16. The van der Waals surface area contributed by atoms with Crippen LogP contribution in [0.3, 0.4) is 0 Å². The van der Waals surface area contributed by atoms with E-state index in [9.17, 15) is 4.79 Å². The maximum absolute atomic E-state index is 11.1. The number of likely N-dealkylation sites (tertiary alicyclic amines) is 1. The van der Waals surface area contributed by atoms with Gasteiger partial charge in [0, 0.05) is 17.2 Å². The van der Waals surface area contributed by atoms with Gasteiger partial charge in [0.25, 0.3) is 0 Å². The van der Waals surface area contributed by atoms with E-state index >= 15 is 0 Å². The fourth-order valence-electron chi connectivity index (χ4n) is 2.26. The molecule has 2 N–H and O–H groups in total. The summed E-state index contributed by atoms with van der Waals surface area (Å²) in [6.45, 7) is 4.19. The number of carbonyl (C=O) groups is 1. The fourth-order valence-corrected chi connectivity index (χ4v) is 2.59. The number of hydrogen-bond acceptors (Lipinski definition) is 4. The van der Waals surface area contributed by atoms with Gasteiger partial charge in [-0.1, -0.05) is 0 Å². The molecule has 1 aromatic rings. The Hall–Kier alpha value is -1.14. The molecule has 0 amide bonds. The van der Waals surface area contributed by atoms with Crippen LogP contribution >= 0.6 is 15.9 Å². The molecule has 0 aromatic carbocycles. The van der Waals surface area contributed by atoms with E-state index in [1.54, 1.807) is 12.3 Å². The number of pyridine rings is 1. The Labute approximate surface area is 121 Å². The van der Waals surface area contributed by atoms with Crippen molar-refractivity contribution in [1.29, 1.82) is 0 Å². The van der Waals surface area contributed by atoms with Crippen LogP contribution in [-0.2, 0) is 0 Å². The number of rotatable bonds is 6. The fraction of sp³-hybridized carbons (Fsp3) is 0.538. The van der Waals surface area contributed by atoms with Gasteiger partial charge in [-0.25, -0.2) is 9.78 Å². The zero-order valence-corrected chi connectivity index (χ0v) is 12.3. The van der Waals surface area contributed by atoms with Crippen molar-refractivity contribution in [2.45, 2.75) is 19.3 Å². The highest BCUT2D eigenvalue weighted by Gasteiger charge is 2.13. The molecule has 1 saturated heterocycles. The van der Waals surface area contributed by atoms with E-state index in [1.165, 1.54) is 25.9 Å². The molecule has 1 aromatic heterocycles. The van der Waals surface area contributed by atoms with Crippen molar-refractivity contribution in [1.82, 2.24) is 9.88 Å². The second kappa shape index (κ2) is 6.86. The number of aromatic nitrogens is 1. The first-order valence-electron chi connectivity index (χ1n) is 6.52. The Balaban J connectivity index is 1.83. The van der Waals surface area contributed by atoms with Crippen molar-refractivity contribution in [3.8, 4) is 0 Å². The number of nitrogens with zero attached hydrogens (tertiary/aromatic N) is 2. The SMILES string of the molecule is O=C(O)c1cc(Br)cnc1NCCCN1CCCC1. The van der Waals surface area contributed by atoms with Gasteiger partial charge >= 0.3 is 5.97 Å². The lowest BCUT2D eigenvalue weighted by Gasteiger charge is -2.15. The molecule has 1 aliphatic heterocycles. The Morgan fingerprint density at radius 3 is 2.89 bits per heavy atom. The van der Waals surface area contributed by atoms with Gasteiger partial charge in [-0.15, -0.1) is 0 Å². The minimum atomic E-state index is -0.962.